The molecule has 0 aliphatic rings. The number of carbonyl (C=O) groups is 16. The topological polar surface area (TPSA) is 745 Å². The van der Waals surface area contributed by atoms with Gasteiger partial charge >= 0.3 is 17.9 Å². The average Bonchev–Trinajstić information content (AvgIpc) is 0.854. The third-order valence-corrected chi connectivity index (χ3v) is 15.7. The summed E-state index contributed by atoms with van der Waals surface area (Å²) in [5.41, 5.74) is 28.0. The van der Waals surface area contributed by atoms with Crippen LogP contribution in [-0.2, 0) is 89.6 Å². The quantitative estimate of drug-likeness (QED) is 0.0166. The van der Waals surface area contributed by atoms with Gasteiger partial charge in [0.1, 0.15) is 72.2 Å². The third kappa shape index (κ3) is 35.4. The Kier molecular flexibility index (Phi) is 41.8. The third-order valence-electron chi connectivity index (χ3n) is 15.7. The first-order valence-electron chi connectivity index (χ1n) is 33.7. The highest BCUT2D eigenvalue weighted by atomic mass is 16.4. The minimum Gasteiger partial charge on any atom is -0.508 e. The lowest BCUT2D eigenvalue weighted by molar-refractivity contribution is -0.142. The molecule has 0 saturated heterocycles. The highest BCUT2D eigenvalue weighted by molar-refractivity contribution is 6.00. The summed E-state index contributed by atoms with van der Waals surface area (Å²) in [7, 11) is 0. The number of nitrogens with one attached hydrogen (secondary N) is 14. The van der Waals surface area contributed by atoms with Gasteiger partial charge in [-0.1, -0.05) is 42.5 Å². The van der Waals surface area contributed by atoms with Crippen LogP contribution in [0.5, 0.6) is 5.75 Å². The van der Waals surface area contributed by atoms with Crippen molar-refractivity contribution in [1.29, 1.82) is 5.41 Å². The normalized spacial score (nSPS) is 14.6. The number of carbonyl (C=O) groups excluding carboxylic acids is 13. The molecule has 0 spiro atoms. The molecule has 43 nitrogen and oxygen atoms in total. The number of carboxylic acid groups (broad SMARTS) is 3. The number of amides is 13. The zero-order valence-electron chi connectivity index (χ0n) is 58.5. The maximum atomic E-state index is 14.4. The van der Waals surface area contributed by atoms with E-state index in [1.807, 2.05) is 10.6 Å². The fourth-order valence-corrected chi connectivity index (χ4v) is 9.90. The molecule has 0 heterocycles. The summed E-state index contributed by atoms with van der Waals surface area (Å²) in [5, 5.41) is 118. The van der Waals surface area contributed by atoms with E-state index in [1.54, 1.807) is 6.07 Å². The lowest BCUT2D eigenvalue weighted by atomic mass is 10.0. The minimum atomic E-state index is -2.10. The van der Waals surface area contributed by atoms with Crippen LogP contribution >= 0.6 is 0 Å². The van der Waals surface area contributed by atoms with Gasteiger partial charge < -0.3 is 139 Å². The maximum absolute atomic E-state index is 14.4. The number of aliphatic carboxylic acids is 3. The Morgan fingerprint density at radius 3 is 1.29 bits per heavy atom. The number of primary amides is 1. The second-order valence-corrected chi connectivity index (χ2v) is 24.4. The molecular weight excluding hydrogens is 1420 g/mol. The van der Waals surface area contributed by atoms with Gasteiger partial charge in [0.25, 0.3) is 0 Å². The Labute approximate surface area is 612 Å². The van der Waals surface area contributed by atoms with Crippen LogP contribution in [0, 0.1) is 5.41 Å². The van der Waals surface area contributed by atoms with Gasteiger partial charge in [-0.25, -0.2) is 4.79 Å². The van der Waals surface area contributed by atoms with Crippen LogP contribution in [0.3, 0.4) is 0 Å². The number of unbranched alkanes of at least 4 members (excludes halogenated alkanes) is 2. The standard InChI is InChI=1S/C64H99N19O24/c1-32(87)51(83-61(104)46(31-86)82-58(101)43(27-50(93)94)73-48(90)28-72-53(96)37(14-9-23-71-64(69)70)74-52(95)36(67)26-47(68)89)62(105)79-42(24-33-10-3-2-4-11-33)56(99)76-39(19-20-49(91)92)55(98)81-44(29-84)59(102)75-38(12-5-7-21-65)54(97)80-45(30-85)60(103)78-41(25-34-15-17-35(88)18-16-34)57(100)77-40(63(106)107)13-6-8-22-66/h2-4,10-11,15-18,32,36-46,51,84-88H,5-9,12-14,19-31,65-67H2,1H3,(H2,68,89)(H,72,96)(H,73,90)(H,74,95)(H,75,102)(H,76,99)(H,77,100)(H,78,103)(H,79,105)(H,80,97)(H,81,98)(H,82,101)(H,83,104)(H,91,92)(H,93,94)(H,106,107)(H4,69,70,71)/t32-,36+,37+,38+,39+,40+,41+,42+,43+,44+,45+,46+,51+/m1/s1. The van der Waals surface area contributed by atoms with E-state index < -0.39 is 238 Å². The van der Waals surface area contributed by atoms with Crippen molar-refractivity contribution in [2.75, 3.05) is 46.0 Å². The Balaban J connectivity index is 2.40. The molecule has 13 atom stereocenters. The summed E-state index contributed by atoms with van der Waals surface area (Å²) in [6.07, 6.45) is -5.25. The smallest absolute Gasteiger partial charge is 0.326 e. The number of rotatable bonds is 52. The summed E-state index contributed by atoms with van der Waals surface area (Å²) in [6.45, 7) is -3.28. The lowest BCUT2D eigenvalue weighted by Crippen LogP contribution is -2.62. The van der Waals surface area contributed by atoms with Crippen molar-refractivity contribution < 1.29 is 118 Å². The first kappa shape index (κ1) is 91.8. The molecule has 2 aromatic rings. The first-order valence-corrected chi connectivity index (χ1v) is 33.7. The molecule has 0 fully saturated rings. The number of hydrogen-bond acceptors (Lipinski definition) is 25. The summed E-state index contributed by atoms with van der Waals surface area (Å²) in [6, 6.07) is -8.42. The fourth-order valence-electron chi connectivity index (χ4n) is 9.90. The van der Waals surface area contributed by atoms with E-state index in [2.05, 4.69) is 58.5 Å². The van der Waals surface area contributed by atoms with Gasteiger partial charge in [-0.2, -0.15) is 0 Å². The predicted molar refractivity (Wildman–Crippen MR) is 373 cm³/mol. The first-order chi connectivity index (χ1) is 50.6. The fraction of sp³-hybridized carbons (Fsp3) is 0.547. The summed E-state index contributed by atoms with van der Waals surface area (Å²) in [4.78, 5) is 212. The Bertz CT molecular complexity index is 3360. The van der Waals surface area contributed by atoms with Gasteiger partial charge in [-0.3, -0.25) is 77.3 Å². The zero-order chi connectivity index (χ0) is 80.5. The van der Waals surface area contributed by atoms with Gasteiger partial charge in [0, 0.05) is 25.8 Å². The Morgan fingerprint density at radius 1 is 0.430 bits per heavy atom. The number of guanidine groups is 1. The molecule has 0 radical (unpaired) electrons. The van der Waals surface area contributed by atoms with Gasteiger partial charge in [0.2, 0.25) is 76.8 Å². The van der Waals surface area contributed by atoms with E-state index in [0.717, 1.165) is 6.92 Å². The second-order valence-electron chi connectivity index (χ2n) is 24.4. The number of aromatic hydroxyl groups is 1. The minimum absolute atomic E-state index is 0.0351. The number of aliphatic hydroxyl groups is 4. The van der Waals surface area contributed by atoms with Crippen LogP contribution in [0.25, 0.3) is 0 Å². The van der Waals surface area contributed by atoms with Crippen LogP contribution < -0.4 is 97.8 Å². The van der Waals surface area contributed by atoms with Crippen LogP contribution in [0.2, 0.25) is 0 Å². The van der Waals surface area contributed by atoms with Crippen LogP contribution in [0.1, 0.15) is 95.1 Å². The van der Waals surface area contributed by atoms with Crippen LogP contribution in [-0.4, -0.2) is 266 Å². The van der Waals surface area contributed by atoms with Crippen molar-refractivity contribution in [2.24, 2.45) is 28.7 Å². The second kappa shape index (κ2) is 48.7. The van der Waals surface area contributed by atoms with E-state index in [0.29, 0.717) is 24.0 Å². The monoisotopic (exact) mass is 1520 g/mol. The Hall–Kier alpha value is -11.2. The van der Waals surface area contributed by atoms with Crippen molar-refractivity contribution in [1.82, 2.24) is 69.1 Å². The number of aliphatic hydroxyl groups excluding tert-OH is 4. The average molecular weight is 1520 g/mol. The molecular formula is C64H99N19O24. The molecule has 0 bridgehead atoms. The van der Waals surface area contributed by atoms with Crippen molar-refractivity contribution in [2.45, 2.75) is 175 Å². The summed E-state index contributed by atoms with van der Waals surface area (Å²) in [5.74, 6) is -20.7. The SMILES string of the molecule is C[C@@H](O)[C@H](NC(=O)[C@H](CO)NC(=O)[C@H](CC(=O)O)NC(=O)CNC(=O)[C@H](CCCNC(=N)N)NC(=O)[C@@H](N)CC(N)=O)C(=O)N[C@@H](Cc1ccccc1)C(=O)N[C@@H](CCC(=O)O)C(=O)N[C@@H](CO)C(=O)N[C@@H](CCCCN)C(=O)N[C@@H](CO)C(=O)N[C@@H](Cc1ccc(O)cc1)C(=O)N[C@@H](CCCCN)C(=O)O. The molecule has 0 unspecified atom stereocenters. The predicted octanol–water partition coefficient (Wildman–Crippen LogP) is -10.9. The highest BCUT2D eigenvalue weighted by Gasteiger charge is 2.38. The number of phenols is 1. The molecule has 2 rings (SSSR count). The highest BCUT2D eigenvalue weighted by Crippen LogP contribution is 2.14. The molecule has 0 aromatic heterocycles. The van der Waals surface area contributed by atoms with Crippen molar-refractivity contribution >= 4 is 101 Å². The maximum Gasteiger partial charge on any atom is 0.326 e. The van der Waals surface area contributed by atoms with Crippen molar-refractivity contribution in [3.05, 3.63) is 65.7 Å². The van der Waals surface area contributed by atoms with Crippen LogP contribution in [0.4, 0.5) is 0 Å². The van der Waals surface area contributed by atoms with Gasteiger partial charge in [-0.15, -0.1) is 0 Å². The molecule has 594 valence electrons. The molecule has 0 saturated carbocycles. The van der Waals surface area contributed by atoms with Crippen LogP contribution in [0.15, 0.2) is 54.6 Å². The molecule has 107 heavy (non-hydrogen) atoms. The van der Waals surface area contributed by atoms with E-state index in [1.165, 1.54) is 48.5 Å². The molecule has 0 aliphatic heterocycles. The van der Waals surface area contributed by atoms with E-state index >= 15 is 0 Å². The number of phenolic OH excluding ortho intramolecular Hbond substituents is 1. The van der Waals surface area contributed by atoms with E-state index in [4.69, 9.17) is 34.1 Å². The molecule has 13 amide bonds. The number of carboxylic acids is 3. The number of nitrogens with two attached hydrogens (primary N) is 5. The van der Waals surface area contributed by atoms with Gasteiger partial charge in [0.15, 0.2) is 5.96 Å². The zero-order valence-corrected chi connectivity index (χ0v) is 58.5. The summed E-state index contributed by atoms with van der Waals surface area (Å²) >= 11 is 0. The van der Waals surface area contributed by atoms with E-state index in [9.17, 15) is 118 Å². The van der Waals surface area contributed by atoms with E-state index in [-0.39, 0.29) is 70.3 Å². The van der Waals surface area contributed by atoms with Gasteiger partial charge in [-0.05, 0) is 101 Å². The molecule has 32 N–H and O–H groups in total. The summed E-state index contributed by atoms with van der Waals surface area (Å²) < 4.78 is 0. The van der Waals surface area contributed by atoms with Crippen molar-refractivity contribution in [3.8, 4) is 5.75 Å². The molecule has 2 aromatic carbocycles. The molecule has 0 aliphatic carbocycles. The largest absolute Gasteiger partial charge is 0.508 e. The molecule has 43 heteroatoms. The van der Waals surface area contributed by atoms with Gasteiger partial charge in [0.05, 0.1) is 51.4 Å². The number of hydrogen-bond donors (Lipinski definition) is 27. The lowest BCUT2D eigenvalue weighted by Gasteiger charge is -2.28. The van der Waals surface area contributed by atoms with Crippen molar-refractivity contribution in [3.63, 3.8) is 0 Å². The Morgan fingerprint density at radius 2 is 0.832 bits per heavy atom. The number of benzene rings is 2.